The molecule has 1 heterocycles. The Labute approximate surface area is 127 Å². The molecule has 1 aromatic heterocycles. The van der Waals surface area contributed by atoms with E-state index in [0.717, 1.165) is 11.0 Å². The van der Waals surface area contributed by atoms with E-state index in [2.05, 4.69) is 11.1 Å². The number of hydrogen-bond donors (Lipinski definition) is 0. The first kappa shape index (κ1) is 13.5. The first-order chi connectivity index (χ1) is 10.3. The van der Waals surface area contributed by atoms with Gasteiger partial charge in [0, 0.05) is 0 Å². The summed E-state index contributed by atoms with van der Waals surface area (Å²) in [7, 11) is 1.58. The van der Waals surface area contributed by atoms with E-state index >= 15 is 0 Å². The third-order valence-electron chi connectivity index (χ3n) is 3.31. The molecule has 3 rings (SSSR count). The lowest BCUT2D eigenvalue weighted by atomic mass is 10.1. The number of nitriles is 1. The molecule has 0 amide bonds. The summed E-state index contributed by atoms with van der Waals surface area (Å²) in [5.74, 6) is 1.54. The summed E-state index contributed by atoms with van der Waals surface area (Å²) in [5, 5.41) is 9.40. The minimum atomic E-state index is 0.248. The van der Waals surface area contributed by atoms with E-state index in [9.17, 15) is 5.26 Å². The van der Waals surface area contributed by atoms with Gasteiger partial charge in [-0.2, -0.15) is 5.26 Å². The zero-order valence-electron chi connectivity index (χ0n) is 11.4. The molecular formula is C16H12ClN3O. The van der Waals surface area contributed by atoms with Gasteiger partial charge in [0.05, 0.1) is 29.6 Å². The maximum absolute atomic E-state index is 9.40. The van der Waals surface area contributed by atoms with Crippen molar-refractivity contribution in [2.45, 2.75) is 5.88 Å². The molecule has 4 nitrogen and oxygen atoms in total. The molecule has 0 atom stereocenters. The fourth-order valence-electron chi connectivity index (χ4n) is 2.42. The Bertz CT molecular complexity index is 848. The van der Waals surface area contributed by atoms with Gasteiger partial charge >= 0.3 is 0 Å². The van der Waals surface area contributed by atoms with Crippen LogP contribution in [0.3, 0.4) is 0 Å². The highest BCUT2D eigenvalue weighted by Crippen LogP contribution is 2.31. The molecule has 0 spiro atoms. The summed E-state index contributed by atoms with van der Waals surface area (Å²) < 4.78 is 7.31. The molecule has 5 heteroatoms. The summed E-state index contributed by atoms with van der Waals surface area (Å²) in [5.41, 5.74) is 2.92. The predicted octanol–water partition coefficient (Wildman–Crippen LogP) is 3.64. The molecule has 0 radical (unpaired) electrons. The van der Waals surface area contributed by atoms with Crippen LogP contribution in [0.2, 0.25) is 0 Å². The highest BCUT2D eigenvalue weighted by Gasteiger charge is 2.18. The Morgan fingerprint density at radius 2 is 2.05 bits per heavy atom. The van der Waals surface area contributed by atoms with Gasteiger partial charge in [-0.1, -0.05) is 18.2 Å². The van der Waals surface area contributed by atoms with Crippen molar-refractivity contribution >= 4 is 22.6 Å². The molecule has 0 aliphatic rings. The lowest BCUT2D eigenvalue weighted by Crippen LogP contribution is -2.04. The number of ether oxygens (including phenoxy) is 1. The second-order valence-electron chi connectivity index (χ2n) is 4.45. The summed E-state index contributed by atoms with van der Waals surface area (Å²) in [6, 6.07) is 15.3. The maximum Gasteiger partial charge on any atom is 0.144 e. The fraction of sp³-hybridized carbons (Fsp3) is 0.125. The van der Waals surface area contributed by atoms with Gasteiger partial charge in [0.2, 0.25) is 0 Å². The van der Waals surface area contributed by atoms with Crippen molar-refractivity contribution in [1.29, 1.82) is 5.26 Å². The molecule has 0 aliphatic heterocycles. The van der Waals surface area contributed by atoms with E-state index in [0.29, 0.717) is 22.8 Å². The van der Waals surface area contributed by atoms with Gasteiger partial charge in [-0.05, 0) is 24.3 Å². The van der Waals surface area contributed by atoms with Gasteiger partial charge in [0.1, 0.15) is 23.3 Å². The molecule has 0 unspecified atom stereocenters. The number of alkyl halides is 1. The standard InChI is InChI=1S/C16H12ClN3O/c1-21-14-8-4-5-11(10-18)16(14)20-13-7-3-2-6-12(13)19-15(20)9-17/h2-8H,9H2,1H3. The molecule has 0 saturated heterocycles. The van der Waals surface area contributed by atoms with Crippen LogP contribution >= 0.6 is 11.6 Å². The number of benzene rings is 2. The van der Waals surface area contributed by atoms with Crippen molar-refractivity contribution in [2.24, 2.45) is 0 Å². The summed E-state index contributed by atoms with van der Waals surface area (Å²) in [4.78, 5) is 4.52. The zero-order valence-corrected chi connectivity index (χ0v) is 12.1. The molecule has 0 saturated carbocycles. The molecule has 0 bridgehead atoms. The normalized spacial score (nSPS) is 10.5. The Balaban J connectivity index is 2.43. The number of hydrogen-bond acceptors (Lipinski definition) is 3. The van der Waals surface area contributed by atoms with Crippen LogP contribution in [0, 0.1) is 11.3 Å². The van der Waals surface area contributed by atoms with Crippen LogP contribution in [0.1, 0.15) is 11.4 Å². The number of methoxy groups -OCH3 is 1. The SMILES string of the molecule is COc1cccc(C#N)c1-n1c(CCl)nc2ccccc21. The Kier molecular flexibility index (Phi) is 3.51. The highest BCUT2D eigenvalue weighted by atomic mass is 35.5. The van der Waals surface area contributed by atoms with Crippen molar-refractivity contribution < 1.29 is 4.74 Å². The summed E-state index contributed by atoms with van der Waals surface area (Å²) in [6.07, 6.45) is 0. The zero-order chi connectivity index (χ0) is 14.8. The van der Waals surface area contributed by atoms with E-state index < -0.39 is 0 Å². The molecule has 0 aliphatic carbocycles. The second-order valence-corrected chi connectivity index (χ2v) is 4.72. The van der Waals surface area contributed by atoms with Gasteiger partial charge in [-0.3, -0.25) is 4.57 Å². The van der Waals surface area contributed by atoms with Gasteiger partial charge in [-0.25, -0.2) is 4.98 Å². The van der Waals surface area contributed by atoms with E-state index in [1.165, 1.54) is 0 Å². The van der Waals surface area contributed by atoms with E-state index in [4.69, 9.17) is 16.3 Å². The lowest BCUT2D eigenvalue weighted by molar-refractivity contribution is 0.412. The van der Waals surface area contributed by atoms with Crippen molar-refractivity contribution in [3.05, 3.63) is 53.9 Å². The van der Waals surface area contributed by atoms with Crippen LogP contribution in [-0.4, -0.2) is 16.7 Å². The van der Waals surface area contributed by atoms with Crippen LogP contribution in [0.4, 0.5) is 0 Å². The van der Waals surface area contributed by atoms with Crippen LogP contribution in [-0.2, 0) is 5.88 Å². The summed E-state index contributed by atoms with van der Waals surface area (Å²) in [6.45, 7) is 0. The Morgan fingerprint density at radius 1 is 1.24 bits per heavy atom. The van der Waals surface area contributed by atoms with Crippen molar-refractivity contribution in [1.82, 2.24) is 9.55 Å². The lowest BCUT2D eigenvalue weighted by Gasteiger charge is -2.14. The predicted molar refractivity (Wildman–Crippen MR) is 81.9 cm³/mol. The van der Waals surface area contributed by atoms with Crippen LogP contribution < -0.4 is 4.74 Å². The first-order valence-electron chi connectivity index (χ1n) is 6.40. The number of aromatic nitrogens is 2. The number of fused-ring (bicyclic) bond motifs is 1. The minimum absolute atomic E-state index is 0.248. The molecule has 104 valence electrons. The first-order valence-corrected chi connectivity index (χ1v) is 6.93. The van der Waals surface area contributed by atoms with Gasteiger partial charge < -0.3 is 4.74 Å². The van der Waals surface area contributed by atoms with E-state index in [1.54, 1.807) is 19.2 Å². The van der Waals surface area contributed by atoms with Crippen LogP contribution in [0.5, 0.6) is 5.75 Å². The number of halogens is 1. The molecule has 2 aromatic carbocycles. The smallest absolute Gasteiger partial charge is 0.144 e. The second kappa shape index (κ2) is 5.47. The van der Waals surface area contributed by atoms with Crippen molar-refractivity contribution in [2.75, 3.05) is 7.11 Å². The fourth-order valence-corrected chi connectivity index (χ4v) is 2.60. The van der Waals surface area contributed by atoms with Crippen molar-refractivity contribution in [3.8, 4) is 17.5 Å². The van der Waals surface area contributed by atoms with Crippen LogP contribution in [0.15, 0.2) is 42.5 Å². The molecular weight excluding hydrogens is 286 g/mol. The molecule has 0 fully saturated rings. The highest BCUT2D eigenvalue weighted by molar-refractivity contribution is 6.17. The van der Waals surface area contributed by atoms with Gasteiger partial charge in [0.15, 0.2) is 0 Å². The third kappa shape index (κ3) is 2.12. The number of imidazole rings is 1. The van der Waals surface area contributed by atoms with Crippen molar-refractivity contribution in [3.63, 3.8) is 0 Å². The average molecular weight is 298 g/mol. The maximum atomic E-state index is 9.40. The number of rotatable bonds is 3. The largest absolute Gasteiger partial charge is 0.495 e. The average Bonchev–Trinajstić information content (AvgIpc) is 2.92. The molecule has 3 aromatic rings. The third-order valence-corrected chi connectivity index (χ3v) is 3.55. The summed E-state index contributed by atoms with van der Waals surface area (Å²) >= 11 is 6.04. The molecule has 21 heavy (non-hydrogen) atoms. The quantitative estimate of drug-likeness (QED) is 0.693. The molecule has 0 N–H and O–H groups in total. The topological polar surface area (TPSA) is 50.8 Å². The van der Waals surface area contributed by atoms with Gasteiger partial charge in [-0.15, -0.1) is 11.6 Å². The minimum Gasteiger partial charge on any atom is -0.495 e. The number of para-hydroxylation sites is 3. The van der Waals surface area contributed by atoms with E-state index in [1.807, 2.05) is 34.9 Å². The van der Waals surface area contributed by atoms with Crippen LogP contribution in [0.25, 0.3) is 16.7 Å². The van der Waals surface area contributed by atoms with E-state index in [-0.39, 0.29) is 5.88 Å². The Morgan fingerprint density at radius 3 is 2.76 bits per heavy atom. The van der Waals surface area contributed by atoms with Gasteiger partial charge in [0.25, 0.3) is 0 Å². The Hall–Kier alpha value is -2.51. The monoisotopic (exact) mass is 297 g/mol. The number of nitrogens with zero attached hydrogens (tertiary/aromatic N) is 3.